The molecule has 1 atom stereocenters. The van der Waals surface area contributed by atoms with Gasteiger partial charge >= 0.3 is 5.97 Å². The summed E-state index contributed by atoms with van der Waals surface area (Å²) in [5.74, 6) is -1.42. The maximum Gasteiger partial charge on any atom is 0.335 e. The molecule has 35 heavy (non-hydrogen) atoms. The number of nitrogens with zero attached hydrogens (tertiary/aromatic N) is 2. The molecule has 7 nitrogen and oxygen atoms in total. The van der Waals surface area contributed by atoms with Gasteiger partial charge in [0.1, 0.15) is 12.7 Å². The zero-order valence-electron chi connectivity index (χ0n) is 19.0. The van der Waals surface area contributed by atoms with Crippen molar-refractivity contribution in [1.82, 2.24) is 9.80 Å². The SMILES string of the molecule is O=C(O)c1ccc(CN(Cc2ccccc2)C(=O)CN2CC(c3ccc(Br)cc3)OCC2=O)cc1. The van der Waals surface area contributed by atoms with Gasteiger partial charge in [0.05, 0.1) is 18.7 Å². The van der Waals surface area contributed by atoms with Crippen LogP contribution in [0.1, 0.15) is 33.2 Å². The van der Waals surface area contributed by atoms with Crippen molar-refractivity contribution in [3.05, 3.63) is 106 Å². The number of morpholine rings is 1. The number of carboxylic acid groups (broad SMARTS) is 1. The highest BCUT2D eigenvalue weighted by atomic mass is 79.9. The van der Waals surface area contributed by atoms with Gasteiger partial charge in [-0.1, -0.05) is 70.5 Å². The van der Waals surface area contributed by atoms with Crippen molar-refractivity contribution in [2.75, 3.05) is 19.7 Å². The van der Waals surface area contributed by atoms with Crippen molar-refractivity contribution >= 4 is 33.7 Å². The summed E-state index contributed by atoms with van der Waals surface area (Å²) in [5, 5.41) is 9.15. The number of ether oxygens (including phenoxy) is 1. The summed E-state index contributed by atoms with van der Waals surface area (Å²) in [6.07, 6.45) is -0.306. The molecule has 1 aliphatic heterocycles. The number of carboxylic acids is 1. The second-order valence-electron chi connectivity index (χ2n) is 8.36. The number of carbonyl (C=O) groups excluding carboxylic acids is 2. The van der Waals surface area contributed by atoms with Crippen LogP contribution in [0.3, 0.4) is 0 Å². The zero-order chi connectivity index (χ0) is 24.8. The maximum atomic E-state index is 13.4. The summed E-state index contributed by atoms with van der Waals surface area (Å²) in [4.78, 5) is 40.4. The molecule has 2 amide bonds. The second-order valence-corrected chi connectivity index (χ2v) is 9.28. The smallest absolute Gasteiger partial charge is 0.335 e. The number of hydrogen-bond donors (Lipinski definition) is 1. The van der Waals surface area contributed by atoms with E-state index in [0.29, 0.717) is 19.6 Å². The summed E-state index contributed by atoms with van der Waals surface area (Å²) in [5.41, 5.74) is 2.90. The third-order valence-corrected chi connectivity index (χ3v) is 6.39. The Morgan fingerprint density at radius 3 is 2.20 bits per heavy atom. The van der Waals surface area contributed by atoms with Gasteiger partial charge in [-0.3, -0.25) is 9.59 Å². The van der Waals surface area contributed by atoms with Gasteiger partial charge in [-0.15, -0.1) is 0 Å². The Morgan fingerprint density at radius 1 is 0.943 bits per heavy atom. The quantitative estimate of drug-likeness (QED) is 0.464. The van der Waals surface area contributed by atoms with Crippen molar-refractivity contribution in [3.63, 3.8) is 0 Å². The van der Waals surface area contributed by atoms with Gasteiger partial charge in [0.15, 0.2) is 0 Å². The molecule has 0 saturated carbocycles. The molecule has 3 aromatic carbocycles. The van der Waals surface area contributed by atoms with Gasteiger partial charge in [0, 0.05) is 17.6 Å². The molecule has 0 spiro atoms. The van der Waals surface area contributed by atoms with E-state index >= 15 is 0 Å². The van der Waals surface area contributed by atoms with Crippen LogP contribution in [0.5, 0.6) is 0 Å². The first-order valence-corrected chi connectivity index (χ1v) is 12.0. The average Bonchev–Trinajstić information content (AvgIpc) is 2.86. The third kappa shape index (κ3) is 6.55. The van der Waals surface area contributed by atoms with Crippen LogP contribution in [0.2, 0.25) is 0 Å². The van der Waals surface area contributed by atoms with Crippen LogP contribution in [0.4, 0.5) is 0 Å². The predicted octanol–water partition coefficient (Wildman–Crippen LogP) is 4.28. The van der Waals surface area contributed by atoms with Crippen molar-refractivity contribution in [1.29, 1.82) is 0 Å². The molecule has 4 rings (SSSR count). The number of amides is 2. The molecule has 180 valence electrons. The maximum absolute atomic E-state index is 13.4. The second kappa shape index (κ2) is 11.3. The monoisotopic (exact) mass is 536 g/mol. The van der Waals surface area contributed by atoms with Gasteiger partial charge < -0.3 is 19.6 Å². The molecule has 0 radical (unpaired) electrons. The Morgan fingerprint density at radius 2 is 1.57 bits per heavy atom. The summed E-state index contributed by atoms with van der Waals surface area (Å²) in [6.45, 7) is 0.814. The van der Waals surface area contributed by atoms with Crippen molar-refractivity contribution in [3.8, 4) is 0 Å². The van der Waals surface area contributed by atoms with E-state index in [1.165, 1.54) is 12.1 Å². The number of hydrogen-bond acceptors (Lipinski definition) is 4. The molecule has 1 aliphatic rings. The Hall–Kier alpha value is -3.49. The van der Waals surface area contributed by atoms with E-state index in [4.69, 9.17) is 9.84 Å². The van der Waals surface area contributed by atoms with Gasteiger partial charge in [-0.05, 0) is 41.0 Å². The standard InChI is InChI=1S/C27H25BrN2O5/c28-23-12-10-21(11-13-23)24-16-30(26(32)18-35-24)17-25(31)29(14-19-4-2-1-3-5-19)15-20-6-8-22(9-7-20)27(33)34/h1-13,24H,14-18H2,(H,33,34). The highest BCUT2D eigenvalue weighted by Gasteiger charge is 2.30. The molecule has 0 aliphatic carbocycles. The zero-order valence-corrected chi connectivity index (χ0v) is 20.6. The van der Waals surface area contributed by atoms with Crippen LogP contribution >= 0.6 is 15.9 Å². The highest BCUT2D eigenvalue weighted by Crippen LogP contribution is 2.24. The van der Waals surface area contributed by atoms with Crippen LogP contribution in [0, 0.1) is 0 Å². The first-order valence-electron chi connectivity index (χ1n) is 11.2. The molecule has 1 unspecified atom stereocenters. The lowest BCUT2D eigenvalue weighted by atomic mass is 10.1. The number of halogens is 1. The number of carbonyl (C=O) groups is 3. The van der Waals surface area contributed by atoms with Crippen LogP contribution in [0.25, 0.3) is 0 Å². The molecule has 0 aromatic heterocycles. The lowest BCUT2D eigenvalue weighted by Gasteiger charge is -2.34. The first-order chi connectivity index (χ1) is 16.9. The molecular formula is C27H25BrN2O5. The average molecular weight is 537 g/mol. The van der Waals surface area contributed by atoms with Gasteiger partial charge in [-0.2, -0.15) is 0 Å². The van der Waals surface area contributed by atoms with E-state index in [-0.39, 0.29) is 36.6 Å². The lowest BCUT2D eigenvalue weighted by molar-refractivity contribution is -0.154. The summed E-state index contributed by atoms with van der Waals surface area (Å²) in [7, 11) is 0. The van der Waals surface area contributed by atoms with E-state index in [9.17, 15) is 14.4 Å². The molecular weight excluding hydrogens is 512 g/mol. The van der Waals surface area contributed by atoms with E-state index in [2.05, 4.69) is 15.9 Å². The Balaban J connectivity index is 1.49. The Bertz CT molecular complexity index is 1180. The lowest BCUT2D eigenvalue weighted by Crippen LogP contribution is -2.48. The molecule has 1 N–H and O–H groups in total. The van der Waals surface area contributed by atoms with Crippen molar-refractivity contribution < 1.29 is 24.2 Å². The van der Waals surface area contributed by atoms with E-state index in [1.807, 2.05) is 54.6 Å². The first kappa shape index (κ1) is 24.6. The molecule has 3 aromatic rings. The van der Waals surface area contributed by atoms with E-state index < -0.39 is 5.97 Å². The summed E-state index contributed by atoms with van der Waals surface area (Å²) < 4.78 is 6.68. The fourth-order valence-corrected chi connectivity index (χ4v) is 4.19. The largest absolute Gasteiger partial charge is 0.478 e. The number of aromatic carboxylic acids is 1. The fraction of sp³-hybridized carbons (Fsp3) is 0.222. The van der Waals surface area contributed by atoms with Crippen molar-refractivity contribution in [2.45, 2.75) is 19.2 Å². The molecule has 1 fully saturated rings. The predicted molar refractivity (Wildman–Crippen MR) is 134 cm³/mol. The van der Waals surface area contributed by atoms with E-state index in [1.54, 1.807) is 21.9 Å². The number of rotatable bonds is 8. The topological polar surface area (TPSA) is 87.2 Å². The minimum Gasteiger partial charge on any atom is -0.478 e. The van der Waals surface area contributed by atoms with Crippen LogP contribution < -0.4 is 0 Å². The summed E-state index contributed by atoms with van der Waals surface area (Å²) in [6, 6.07) is 23.8. The van der Waals surface area contributed by atoms with Gasteiger partial charge in [-0.25, -0.2) is 4.79 Å². The van der Waals surface area contributed by atoms with Crippen LogP contribution in [-0.4, -0.2) is 52.4 Å². The van der Waals surface area contributed by atoms with Gasteiger partial charge in [0.2, 0.25) is 11.8 Å². The molecule has 1 heterocycles. The molecule has 8 heteroatoms. The Kier molecular flexibility index (Phi) is 7.94. The highest BCUT2D eigenvalue weighted by molar-refractivity contribution is 9.10. The van der Waals surface area contributed by atoms with E-state index in [0.717, 1.165) is 21.2 Å². The minimum atomic E-state index is -1.00. The summed E-state index contributed by atoms with van der Waals surface area (Å²) >= 11 is 3.42. The minimum absolute atomic E-state index is 0.0603. The normalized spacial score (nSPS) is 15.6. The number of benzene rings is 3. The van der Waals surface area contributed by atoms with Gasteiger partial charge in [0.25, 0.3) is 0 Å². The van der Waals surface area contributed by atoms with Crippen molar-refractivity contribution in [2.24, 2.45) is 0 Å². The van der Waals surface area contributed by atoms with Crippen LogP contribution in [-0.2, 0) is 27.4 Å². The van der Waals surface area contributed by atoms with Crippen LogP contribution in [0.15, 0.2) is 83.3 Å². The molecule has 0 bridgehead atoms. The Labute approximate surface area is 212 Å². The fourth-order valence-electron chi connectivity index (χ4n) is 3.92. The molecule has 1 saturated heterocycles. The third-order valence-electron chi connectivity index (χ3n) is 5.86.